The van der Waals surface area contributed by atoms with Gasteiger partial charge < -0.3 is 20.4 Å². The minimum Gasteiger partial charge on any atom is -0.355 e. The minimum atomic E-state index is -0.209. The Kier molecular flexibility index (Phi) is 20.1. The van der Waals surface area contributed by atoms with Gasteiger partial charge in [0.05, 0.1) is 0 Å². The Morgan fingerprint density at radius 3 is 0.818 bits per heavy atom. The van der Waals surface area contributed by atoms with E-state index in [0.717, 1.165) is 48.4 Å². The third-order valence-corrected chi connectivity index (χ3v) is 19.3. The summed E-state index contributed by atoms with van der Waals surface area (Å²) in [6.07, 6.45) is 25.0. The van der Waals surface area contributed by atoms with Gasteiger partial charge in [0.1, 0.15) is 0 Å². The van der Waals surface area contributed by atoms with E-state index in [2.05, 4.69) is 270 Å². The van der Waals surface area contributed by atoms with E-state index < -0.39 is 0 Å². The highest BCUT2D eigenvalue weighted by atomic mass is 15.1. The zero-order chi connectivity index (χ0) is 61.0. The first kappa shape index (κ1) is 61.8. The van der Waals surface area contributed by atoms with Crippen LogP contribution in [0.15, 0.2) is 194 Å². The average molecular weight is 1160 g/mol. The van der Waals surface area contributed by atoms with Crippen molar-refractivity contribution in [1.29, 1.82) is 0 Å². The number of benzene rings is 9. The van der Waals surface area contributed by atoms with Crippen LogP contribution in [-0.4, -0.2) is 0 Å². The molecule has 0 aromatic heterocycles. The predicted molar refractivity (Wildman–Crippen MR) is 382 cm³/mol. The number of unbranched alkanes of at least 4 members (excludes halogenated alkanes) is 12. The van der Waals surface area contributed by atoms with Crippen LogP contribution in [0.4, 0.5) is 56.9 Å². The molecule has 0 amide bonds. The number of hydrogen-bond acceptors (Lipinski definition) is 4. The van der Waals surface area contributed by atoms with Gasteiger partial charge in [0.2, 0.25) is 0 Å². The molecule has 2 N–H and O–H groups in total. The third kappa shape index (κ3) is 14.0. The van der Waals surface area contributed by atoms with E-state index in [1.54, 1.807) is 0 Å². The summed E-state index contributed by atoms with van der Waals surface area (Å²) < 4.78 is 0. The fraction of sp³-hybridized carbons (Fsp3) is 0.357. The summed E-state index contributed by atoms with van der Waals surface area (Å²) in [6, 6.07) is 74.5. The van der Waals surface area contributed by atoms with Crippen molar-refractivity contribution in [2.45, 2.75) is 195 Å². The second-order valence-corrected chi connectivity index (χ2v) is 26.6. The molecule has 0 aliphatic heterocycles. The molecule has 11 rings (SSSR count). The molecule has 4 nitrogen and oxygen atoms in total. The Morgan fingerprint density at radius 1 is 0.261 bits per heavy atom. The van der Waals surface area contributed by atoms with Crippen LogP contribution in [-0.2, 0) is 36.5 Å². The molecule has 0 saturated heterocycles. The van der Waals surface area contributed by atoms with E-state index >= 15 is 0 Å². The van der Waals surface area contributed by atoms with Gasteiger partial charge in [0.25, 0.3) is 0 Å². The van der Waals surface area contributed by atoms with Gasteiger partial charge in [-0.3, -0.25) is 0 Å². The fourth-order valence-electron chi connectivity index (χ4n) is 14.1. The summed E-state index contributed by atoms with van der Waals surface area (Å²) in [7, 11) is 0. The first-order chi connectivity index (χ1) is 42.9. The summed E-state index contributed by atoms with van der Waals surface area (Å²) in [4.78, 5) is 4.93. The Labute approximate surface area is 529 Å². The third-order valence-electron chi connectivity index (χ3n) is 19.3. The Bertz CT molecular complexity index is 3380. The number of nitrogens with zero attached hydrogens (tertiary/aromatic N) is 2. The Hall–Kier alpha value is -7.82. The highest BCUT2D eigenvalue weighted by Crippen LogP contribution is 2.53. The number of nitrogens with one attached hydrogen (secondary N) is 2. The maximum absolute atomic E-state index is 3.83. The molecule has 4 heteroatoms. The van der Waals surface area contributed by atoms with Gasteiger partial charge >= 0.3 is 0 Å². The SMILES string of the molecule is CCCCCCc1ccc(N(c2ccc(CCCCCC)cc2)c2ccc3c(c2)C(C)(C)c2cc(Nc4cccc(Nc5ccc6c(c5)C(C)(C)c5cc(N(c7ccc(CCCCCC)cc7)c7ccc(CCCCCC)cc7)ccc5-6)c4)ccc2-3)cc1. The number of anilines is 10. The molecule has 0 spiro atoms. The quantitative estimate of drug-likeness (QED) is 0.0439. The van der Waals surface area contributed by atoms with Crippen LogP contribution in [0.5, 0.6) is 0 Å². The Balaban J connectivity index is 0.802. The van der Waals surface area contributed by atoms with Gasteiger partial charge in [-0.25, -0.2) is 0 Å². The van der Waals surface area contributed by atoms with Crippen LogP contribution >= 0.6 is 0 Å². The van der Waals surface area contributed by atoms with E-state index in [9.17, 15) is 0 Å². The summed E-state index contributed by atoms with van der Waals surface area (Å²) in [5.41, 5.74) is 27.3. The van der Waals surface area contributed by atoms with Gasteiger partial charge in [0.15, 0.2) is 0 Å². The lowest BCUT2D eigenvalue weighted by Crippen LogP contribution is -2.17. The topological polar surface area (TPSA) is 30.5 Å². The molecule has 454 valence electrons. The number of aryl methyl sites for hydroxylation is 4. The summed E-state index contributed by atoms with van der Waals surface area (Å²) in [5.74, 6) is 0. The highest BCUT2D eigenvalue weighted by molar-refractivity contribution is 5.89. The summed E-state index contributed by atoms with van der Waals surface area (Å²) in [5, 5.41) is 7.65. The van der Waals surface area contributed by atoms with Crippen molar-refractivity contribution in [2.24, 2.45) is 0 Å². The van der Waals surface area contributed by atoms with Crippen LogP contribution in [0.25, 0.3) is 22.3 Å². The molecule has 0 unspecified atom stereocenters. The van der Waals surface area contributed by atoms with E-state index in [0.29, 0.717) is 0 Å². The zero-order valence-corrected chi connectivity index (χ0v) is 54.5. The van der Waals surface area contributed by atoms with Crippen molar-refractivity contribution in [3.63, 3.8) is 0 Å². The van der Waals surface area contributed by atoms with Gasteiger partial charge in [-0.2, -0.15) is 0 Å². The fourth-order valence-corrected chi connectivity index (χ4v) is 14.1. The molecule has 9 aromatic carbocycles. The number of fused-ring (bicyclic) bond motifs is 6. The molecule has 0 atom stereocenters. The summed E-state index contributed by atoms with van der Waals surface area (Å²) >= 11 is 0. The molecule has 2 aliphatic rings. The lowest BCUT2D eigenvalue weighted by atomic mass is 9.82. The molecule has 0 saturated carbocycles. The zero-order valence-electron chi connectivity index (χ0n) is 54.5. The van der Waals surface area contributed by atoms with E-state index in [1.807, 2.05) is 0 Å². The van der Waals surface area contributed by atoms with Crippen molar-refractivity contribution in [3.05, 3.63) is 239 Å². The van der Waals surface area contributed by atoms with Crippen LogP contribution in [0.2, 0.25) is 0 Å². The van der Waals surface area contributed by atoms with Gasteiger partial charge in [-0.05, 0) is 233 Å². The van der Waals surface area contributed by atoms with Crippen molar-refractivity contribution < 1.29 is 0 Å². The number of rotatable bonds is 30. The van der Waals surface area contributed by atoms with E-state index in [-0.39, 0.29) is 10.8 Å². The minimum absolute atomic E-state index is 0.209. The molecule has 9 aromatic rings. The highest BCUT2D eigenvalue weighted by Gasteiger charge is 2.38. The lowest BCUT2D eigenvalue weighted by molar-refractivity contribution is 0.660. The van der Waals surface area contributed by atoms with Crippen molar-refractivity contribution in [2.75, 3.05) is 20.4 Å². The molecule has 0 heterocycles. The first-order valence-corrected chi connectivity index (χ1v) is 34.1. The van der Waals surface area contributed by atoms with Crippen molar-refractivity contribution >= 4 is 56.9 Å². The molecule has 0 radical (unpaired) electrons. The lowest BCUT2D eigenvalue weighted by Gasteiger charge is -2.28. The normalized spacial score (nSPS) is 13.2. The van der Waals surface area contributed by atoms with Gasteiger partial charge in [-0.15, -0.1) is 0 Å². The predicted octanol–water partition coefficient (Wildman–Crippen LogP) is 25.2. The molecule has 2 aliphatic carbocycles. The standard InChI is InChI=1S/C84H98N4/c1-9-13-17-21-26-61-32-42-69(43-33-61)87(70-44-34-62(35-45-70)27-22-18-14-10-2)73-50-54-77-75-52-40-67(57-79(75)83(5,6)81(77)59-73)85-65-30-25-31-66(56-65)86-68-41-53-76-78-55-51-74(60-82(78)84(7,8)80(76)58-68)88(71-46-36-63(37-47-71)28-23-19-15-11-3)72-48-38-64(39-49-72)29-24-20-16-12-4/h25,30-60,85-86H,9-24,26-29H2,1-8H3. The molecule has 88 heavy (non-hydrogen) atoms. The Morgan fingerprint density at radius 2 is 0.523 bits per heavy atom. The molecule has 0 bridgehead atoms. The summed E-state index contributed by atoms with van der Waals surface area (Å²) in [6.45, 7) is 18.7. The van der Waals surface area contributed by atoms with Crippen LogP contribution < -0.4 is 20.4 Å². The van der Waals surface area contributed by atoms with Crippen LogP contribution in [0.1, 0.15) is 203 Å². The maximum atomic E-state index is 3.83. The van der Waals surface area contributed by atoms with Crippen LogP contribution in [0.3, 0.4) is 0 Å². The van der Waals surface area contributed by atoms with E-state index in [1.165, 1.54) is 204 Å². The maximum Gasteiger partial charge on any atom is 0.0465 e. The monoisotopic (exact) mass is 1160 g/mol. The van der Waals surface area contributed by atoms with Crippen LogP contribution in [0, 0.1) is 0 Å². The van der Waals surface area contributed by atoms with Gasteiger partial charge in [-0.1, -0.05) is 211 Å². The molecular formula is C84H98N4. The van der Waals surface area contributed by atoms with Crippen molar-refractivity contribution in [1.82, 2.24) is 0 Å². The first-order valence-electron chi connectivity index (χ1n) is 34.1. The van der Waals surface area contributed by atoms with E-state index in [4.69, 9.17) is 0 Å². The van der Waals surface area contributed by atoms with Crippen molar-refractivity contribution in [3.8, 4) is 22.3 Å². The number of hydrogen-bond donors (Lipinski definition) is 2. The molecule has 0 fully saturated rings. The second-order valence-electron chi connectivity index (χ2n) is 26.6. The average Bonchev–Trinajstić information content (AvgIpc) is 1.63. The van der Waals surface area contributed by atoms with Gasteiger partial charge in [0, 0.05) is 67.7 Å². The largest absolute Gasteiger partial charge is 0.355 e. The second kappa shape index (κ2) is 28.6. The smallest absolute Gasteiger partial charge is 0.0465 e. The molecular weight excluding hydrogens is 1060 g/mol.